The number of phenols is 2. The lowest BCUT2D eigenvalue weighted by Crippen LogP contribution is -2.62. The smallest absolute Gasteiger partial charge is 0.229 e. The van der Waals surface area contributed by atoms with Crippen LogP contribution >= 0.6 is 0 Å². The van der Waals surface area contributed by atoms with E-state index in [1.165, 1.54) is 19.1 Å². The van der Waals surface area contributed by atoms with Gasteiger partial charge in [-0.1, -0.05) is 24.3 Å². The molecule has 2 saturated heterocycles. The summed E-state index contributed by atoms with van der Waals surface area (Å²) in [5, 5.41) is 70.5. The fourth-order valence-corrected chi connectivity index (χ4v) is 3.98. The number of hydrogen-bond acceptors (Lipinski definition) is 11. The summed E-state index contributed by atoms with van der Waals surface area (Å²) >= 11 is 0. The summed E-state index contributed by atoms with van der Waals surface area (Å²) in [4.78, 5) is 0. The quantitative estimate of drug-likeness (QED) is 0.261. The Kier molecular flexibility index (Phi) is 8.13. The van der Waals surface area contributed by atoms with Gasteiger partial charge >= 0.3 is 0 Å². The number of benzene rings is 2. The van der Waals surface area contributed by atoms with Crippen molar-refractivity contribution in [1.29, 1.82) is 0 Å². The highest BCUT2D eigenvalue weighted by Crippen LogP contribution is 2.30. The first-order valence-electron chi connectivity index (χ1n) is 11.4. The van der Waals surface area contributed by atoms with Gasteiger partial charge in [-0.05, 0) is 42.3 Å². The average Bonchev–Trinajstić information content (AvgIpc) is 2.84. The van der Waals surface area contributed by atoms with Gasteiger partial charge in [0.2, 0.25) is 6.29 Å². The van der Waals surface area contributed by atoms with E-state index >= 15 is 0 Å². The van der Waals surface area contributed by atoms with Crippen molar-refractivity contribution in [3.63, 3.8) is 0 Å². The van der Waals surface area contributed by atoms with E-state index in [1.807, 2.05) is 0 Å². The van der Waals surface area contributed by atoms with Gasteiger partial charge in [-0.2, -0.15) is 0 Å². The van der Waals surface area contributed by atoms with E-state index in [2.05, 4.69) is 0 Å². The van der Waals surface area contributed by atoms with Crippen LogP contribution in [-0.4, -0.2) is 97.7 Å². The highest BCUT2D eigenvalue weighted by Gasteiger charge is 2.48. The lowest BCUT2D eigenvalue weighted by molar-refractivity contribution is -0.344. The second-order valence-corrected chi connectivity index (χ2v) is 8.84. The molecule has 2 aromatic carbocycles. The monoisotopic (exact) mass is 506 g/mol. The largest absolute Gasteiger partial charge is 0.508 e. The summed E-state index contributed by atoms with van der Waals surface area (Å²) in [5.41, 5.74) is 1.39. The molecule has 2 aliphatic heterocycles. The molecule has 0 spiro atoms. The summed E-state index contributed by atoms with van der Waals surface area (Å²) in [5.74, 6) is 0.197. The number of aromatic hydroxyl groups is 2. The van der Waals surface area contributed by atoms with Crippen LogP contribution in [0.5, 0.6) is 17.2 Å². The number of aliphatic hydroxyl groups excluding tert-OH is 5. The molecule has 0 amide bonds. The van der Waals surface area contributed by atoms with Crippen LogP contribution in [0, 0.1) is 0 Å². The zero-order chi connectivity index (χ0) is 26.0. The molecule has 11 nitrogen and oxygen atoms in total. The molecule has 0 aliphatic carbocycles. The van der Waals surface area contributed by atoms with Crippen LogP contribution in [-0.2, 0) is 14.2 Å². The van der Waals surface area contributed by atoms with Crippen molar-refractivity contribution < 1.29 is 54.7 Å². The molecular formula is C25H30O11. The molecule has 0 saturated carbocycles. The highest BCUT2D eigenvalue weighted by atomic mass is 16.7. The first-order chi connectivity index (χ1) is 17.1. The first kappa shape index (κ1) is 26.3. The fraction of sp³-hybridized carbons (Fsp3) is 0.440. The van der Waals surface area contributed by atoms with E-state index in [4.69, 9.17) is 18.9 Å². The van der Waals surface area contributed by atoms with E-state index in [0.717, 1.165) is 5.56 Å². The normalized spacial score (nSPS) is 35.1. The Balaban J connectivity index is 1.51. The second-order valence-electron chi connectivity index (χ2n) is 8.84. The summed E-state index contributed by atoms with van der Waals surface area (Å²) in [6.07, 6.45) is -8.85. The number of phenolic OH excluding ortho intramolecular Hbond substituents is 2. The summed E-state index contributed by atoms with van der Waals surface area (Å²) < 4.78 is 22.5. The number of rotatable bonds is 6. The molecule has 11 heteroatoms. The van der Waals surface area contributed by atoms with Crippen molar-refractivity contribution in [1.82, 2.24) is 0 Å². The molecule has 0 unspecified atom stereocenters. The Hall–Kier alpha value is -2.74. The Morgan fingerprint density at radius 1 is 0.778 bits per heavy atom. The predicted molar refractivity (Wildman–Crippen MR) is 125 cm³/mol. The molecule has 0 bridgehead atoms. The van der Waals surface area contributed by atoms with Gasteiger partial charge in [-0.25, -0.2) is 0 Å². The minimum absolute atomic E-state index is 0.108. The van der Waals surface area contributed by atoms with Gasteiger partial charge in [0.1, 0.15) is 47.8 Å². The molecule has 4 rings (SSSR count). The molecule has 0 radical (unpaired) electrons. The van der Waals surface area contributed by atoms with E-state index in [-0.39, 0.29) is 23.9 Å². The predicted octanol–water partition coefficient (Wildman–Crippen LogP) is -0.0622. The zero-order valence-corrected chi connectivity index (χ0v) is 19.4. The van der Waals surface area contributed by atoms with Gasteiger partial charge in [-0.3, -0.25) is 0 Å². The van der Waals surface area contributed by atoms with E-state index < -0.39 is 55.3 Å². The molecule has 7 N–H and O–H groups in total. The molecule has 2 aliphatic rings. The maximum Gasteiger partial charge on any atom is 0.229 e. The third-order valence-corrected chi connectivity index (χ3v) is 6.06. The van der Waals surface area contributed by atoms with Crippen molar-refractivity contribution in [3.05, 3.63) is 53.6 Å². The second kappa shape index (κ2) is 11.1. The van der Waals surface area contributed by atoms with Crippen molar-refractivity contribution >= 4 is 12.2 Å². The number of ether oxygens (including phenoxy) is 4. The van der Waals surface area contributed by atoms with Gasteiger partial charge in [0, 0.05) is 6.07 Å². The van der Waals surface area contributed by atoms with Crippen LogP contribution in [0.1, 0.15) is 18.1 Å². The SMILES string of the molecule is C[C@@H]1O[C@@H](O[C@H]2[C@H](Oc3cc(O)cc(C=Cc4ccc(O)cc4)c3)OC[C@@H](O)[C@@H]2O)[C@H](O)[C@H](O)[C@H]1O. The Morgan fingerprint density at radius 3 is 2.19 bits per heavy atom. The molecular weight excluding hydrogens is 476 g/mol. The minimum atomic E-state index is -1.64. The zero-order valence-electron chi connectivity index (χ0n) is 19.4. The Labute approximate surface area is 207 Å². The van der Waals surface area contributed by atoms with Gasteiger partial charge in [-0.15, -0.1) is 0 Å². The third kappa shape index (κ3) is 5.97. The van der Waals surface area contributed by atoms with Gasteiger partial charge in [0.25, 0.3) is 0 Å². The Morgan fingerprint density at radius 2 is 1.47 bits per heavy atom. The Bertz CT molecular complexity index is 1040. The van der Waals surface area contributed by atoms with Crippen molar-refractivity contribution in [2.45, 2.75) is 62.2 Å². The van der Waals surface area contributed by atoms with Crippen LogP contribution in [0.15, 0.2) is 42.5 Å². The lowest BCUT2D eigenvalue weighted by atomic mass is 9.99. The molecule has 36 heavy (non-hydrogen) atoms. The van der Waals surface area contributed by atoms with Crippen LogP contribution in [0.25, 0.3) is 12.2 Å². The van der Waals surface area contributed by atoms with Gasteiger partial charge in [0.15, 0.2) is 12.4 Å². The van der Waals surface area contributed by atoms with Crippen molar-refractivity contribution in [2.24, 2.45) is 0 Å². The summed E-state index contributed by atoms with van der Waals surface area (Å²) in [6, 6.07) is 10.9. The maximum absolute atomic E-state index is 10.6. The standard InChI is InChI=1S/C25H30O11/c1-12-19(29)21(31)22(32)24(34-12)36-23-20(30)18(28)11-33-25(23)35-17-9-14(8-16(27)10-17)3-2-13-4-6-15(26)7-5-13/h2-10,12,18-32H,11H2,1H3/t12-,18+,19-,20-,21+,22+,23+,24-,25-/m0/s1. The van der Waals surface area contributed by atoms with Crippen LogP contribution in [0.3, 0.4) is 0 Å². The topological polar surface area (TPSA) is 179 Å². The van der Waals surface area contributed by atoms with Crippen LogP contribution in [0.2, 0.25) is 0 Å². The summed E-state index contributed by atoms with van der Waals surface area (Å²) in [6.45, 7) is 1.21. The lowest BCUT2D eigenvalue weighted by Gasteiger charge is -2.43. The molecule has 2 fully saturated rings. The average molecular weight is 507 g/mol. The van der Waals surface area contributed by atoms with Crippen LogP contribution < -0.4 is 4.74 Å². The third-order valence-electron chi connectivity index (χ3n) is 6.06. The van der Waals surface area contributed by atoms with Crippen molar-refractivity contribution in [2.75, 3.05) is 6.61 Å². The molecule has 196 valence electrons. The van der Waals surface area contributed by atoms with Crippen LogP contribution in [0.4, 0.5) is 0 Å². The van der Waals surface area contributed by atoms with E-state index in [1.54, 1.807) is 42.5 Å². The van der Waals surface area contributed by atoms with Gasteiger partial charge in [0.05, 0.1) is 12.7 Å². The molecule has 2 aromatic rings. The fourth-order valence-electron chi connectivity index (χ4n) is 3.98. The molecule has 9 atom stereocenters. The highest BCUT2D eigenvalue weighted by molar-refractivity contribution is 5.71. The molecule has 0 aromatic heterocycles. The minimum Gasteiger partial charge on any atom is -0.508 e. The number of aliphatic hydroxyl groups is 5. The van der Waals surface area contributed by atoms with Crippen molar-refractivity contribution in [3.8, 4) is 17.2 Å². The summed E-state index contributed by atoms with van der Waals surface area (Å²) in [7, 11) is 0. The maximum atomic E-state index is 10.6. The number of hydrogen-bond donors (Lipinski definition) is 7. The molecule has 2 heterocycles. The van der Waals surface area contributed by atoms with E-state index in [9.17, 15) is 35.7 Å². The van der Waals surface area contributed by atoms with E-state index in [0.29, 0.717) is 5.56 Å². The van der Waals surface area contributed by atoms with Gasteiger partial charge < -0.3 is 54.7 Å². The first-order valence-corrected chi connectivity index (χ1v) is 11.4.